The number of thioether (sulfide) groups is 1. The maximum Gasteiger partial charge on any atom is 0.453 e. The molecule has 0 aromatic heterocycles. The molecule has 1 saturated heterocycles. The highest BCUT2D eigenvalue weighted by Gasteiger charge is 2.49. The number of nitrogens with two attached hydrogens (primary N) is 1. The number of benzene rings is 4. The summed E-state index contributed by atoms with van der Waals surface area (Å²) in [6.45, 7) is 0. The van der Waals surface area contributed by atoms with E-state index in [2.05, 4.69) is 21.9 Å². The van der Waals surface area contributed by atoms with Gasteiger partial charge in [0.15, 0.2) is 36.5 Å². The molecule has 5 rings (SSSR count). The fourth-order valence-corrected chi connectivity index (χ4v) is 7.38. The number of carbonyl (C=O) groups excluding carboxylic acids is 3. The predicted octanol–water partition coefficient (Wildman–Crippen LogP) is -4.44. The SMILES string of the molecule is Bc1c(O)c(O)c(B)c(C#Cc2ccc([C@@H]3S[C@H](CC(=O)NC(B)(O)C(O)(O)c4ccc(OC(O)(O)O)c(OC)c4)C(=O)N3c3cccc(C(N)=O)c3)cc2)c1O. The molecule has 4 aromatic rings. The number of carbonyl (C=O) groups is 3. The summed E-state index contributed by atoms with van der Waals surface area (Å²) in [5.74, 6) is -1.68. The topological polar surface area (TPSA) is 293 Å². The Morgan fingerprint density at radius 2 is 1.54 bits per heavy atom. The van der Waals surface area contributed by atoms with E-state index in [1.807, 2.05) is 0 Å². The van der Waals surface area contributed by atoms with Gasteiger partial charge in [0, 0.05) is 28.8 Å². The van der Waals surface area contributed by atoms with Crippen LogP contribution in [-0.2, 0) is 15.4 Å². The lowest BCUT2D eigenvalue weighted by Crippen LogP contribution is -2.63. The first kappa shape index (κ1) is 42.3. The third-order valence-corrected chi connectivity index (χ3v) is 10.6. The Morgan fingerprint density at radius 1 is 0.895 bits per heavy atom. The number of ether oxygens (including phenoxy) is 2. The Kier molecular flexibility index (Phi) is 11.8. The van der Waals surface area contributed by atoms with Crippen LogP contribution in [0.1, 0.15) is 44.4 Å². The third-order valence-electron chi connectivity index (χ3n) is 9.12. The van der Waals surface area contributed by atoms with E-state index in [4.69, 9.17) is 25.8 Å². The van der Waals surface area contributed by atoms with Crippen LogP contribution in [0.4, 0.5) is 5.69 Å². The molecule has 21 heteroatoms. The van der Waals surface area contributed by atoms with Crippen molar-refractivity contribution >= 4 is 69.6 Å². The molecule has 1 heterocycles. The number of nitrogens with one attached hydrogen (secondary N) is 1. The largest absolute Gasteiger partial charge is 0.507 e. The zero-order chi connectivity index (χ0) is 42.2. The average molecular weight is 799 g/mol. The molecular formula is C36H36B3N3O14S. The molecule has 1 aliphatic heterocycles. The summed E-state index contributed by atoms with van der Waals surface area (Å²) in [7, 11) is 4.92. The highest BCUT2D eigenvalue weighted by molar-refractivity contribution is 8.01. The number of aliphatic hydroxyl groups is 6. The van der Waals surface area contributed by atoms with Crippen LogP contribution in [0.2, 0.25) is 0 Å². The minimum absolute atomic E-state index is 0.0603. The smallest absolute Gasteiger partial charge is 0.453 e. The maximum absolute atomic E-state index is 14.0. The van der Waals surface area contributed by atoms with Gasteiger partial charge >= 0.3 is 6.16 Å². The van der Waals surface area contributed by atoms with Crippen LogP contribution < -0.4 is 36.3 Å². The van der Waals surface area contributed by atoms with Gasteiger partial charge < -0.3 is 66.5 Å². The number of phenolic OH excluding ortho intramolecular Hbond substituents is 3. The Hall–Kier alpha value is -5.85. The Labute approximate surface area is 331 Å². The molecule has 1 fully saturated rings. The van der Waals surface area contributed by atoms with Gasteiger partial charge in [-0.25, -0.2) is 0 Å². The minimum atomic E-state index is -3.59. The van der Waals surface area contributed by atoms with Gasteiger partial charge in [0.05, 0.1) is 17.9 Å². The van der Waals surface area contributed by atoms with Crippen molar-refractivity contribution in [3.63, 3.8) is 0 Å². The van der Waals surface area contributed by atoms with Crippen molar-refractivity contribution in [3.05, 3.63) is 94.5 Å². The van der Waals surface area contributed by atoms with Crippen molar-refractivity contribution in [3.8, 4) is 40.6 Å². The molecule has 1 unspecified atom stereocenters. The van der Waals surface area contributed by atoms with Gasteiger partial charge in [-0.15, -0.1) is 11.8 Å². The van der Waals surface area contributed by atoms with Gasteiger partial charge in [0.25, 0.3) is 0 Å². The number of anilines is 1. The molecule has 4 aromatic carbocycles. The third kappa shape index (κ3) is 8.77. The van der Waals surface area contributed by atoms with E-state index in [1.54, 1.807) is 30.3 Å². The summed E-state index contributed by atoms with van der Waals surface area (Å²) < 4.78 is 9.57. The standard InChI is InChI=1S/C36H36B3N3O14S/c1-55-23-14-19(10-12-22(23)56-36(52,53)54)34(49,50)35(39,51)41-25(43)15-24-32(48)42(20-4-2-3-18(13-20)31(40)47)33(57-24)17-8-5-16(6-9-17)7-11-21-26(37)29(45)30(46)27(38)28(21)44/h2-6,8-10,12-14,24,33,44-46,49-54H,15,37-39H2,1H3,(H2,40,47)(H,41,43)/t24-,33+,35?/m1/s1. The van der Waals surface area contributed by atoms with E-state index in [0.29, 0.717) is 11.1 Å². The molecule has 294 valence electrons. The van der Waals surface area contributed by atoms with Crippen LogP contribution in [0.15, 0.2) is 66.7 Å². The minimum Gasteiger partial charge on any atom is -0.507 e. The second-order valence-electron chi connectivity index (χ2n) is 13.2. The zero-order valence-electron chi connectivity index (χ0n) is 30.7. The first-order valence-electron chi connectivity index (χ1n) is 16.8. The second kappa shape index (κ2) is 16.0. The maximum atomic E-state index is 14.0. The number of amides is 3. The van der Waals surface area contributed by atoms with Gasteiger partial charge in [-0.3, -0.25) is 19.3 Å². The fourth-order valence-electron chi connectivity index (χ4n) is 5.93. The molecule has 0 saturated carbocycles. The summed E-state index contributed by atoms with van der Waals surface area (Å²) >= 11 is 1.06. The molecule has 3 atom stereocenters. The molecule has 17 nitrogen and oxygen atoms in total. The lowest BCUT2D eigenvalue weighted by molar-refractivity contribution is -0.419. The molecule has 0 bridgehead atoms. The van der Waals surface area contributed by atoms with E-state index in [-0.39, 0.29) is 39.2 Å². The normalized spacial score (nSPS) is 16.6. The van der Waals surface area contributed by atoms with Crippen molar-refractivity contribution in [2.24, 2.45) is 5.73 Å². The predicted molar refractivity (Wildman–Crippen MR) is 212 cm³/mol. The molecule has 3 amide bonds. The van der Waals surface area contributed by atoms with Gasteiger partial charge in [-0.05, 0) is 65.0 Å². The summed E-state index contributed by atoms with van der Waals surface area (Å²) in [6, 6.07) is 15.5. The molecular weight excluding hydrogens is 763 g/mol. The molecule has 1 aliphatic rings. The number of hydrogen-bond acceptors (Lipinski definition) is 15. The Bertz CT molecular complexity index is 2280. The zero-order valence-corrected chi connectivity index (χ0v) is 31.5. The van der Waals surface area contributed by atoms with Gasteiger partial charge in [-0.1, -0.05) is 30.0 Å². The van der Waals surface area contributed by atoms with Crippen molar-refractivity contribution in [1.29, 1.82) is 0 Å². The number of hydrogen-bond donors (Lipinski definition) is 11. The van der Waals surface area contributed by atoms with Gasteiger partial charge in [-0.2, -0.15) is 0 Å². The summed E-state index contributed by atoms with van der Waals surface area (Å²) in [5, 5.41) is 91.8. The average Bonchev–Trinajstić information content (AvgIpc) is 3.47. The number of primary amides is 1. The fraction of sp³-hybridized carbons (Fsp3) is 0.194. The van der Waals surface area contributed by atoms with Crippen LogP contribution in [-0.4, -0.2) is 111 Å². The monoisotopic (exact) mass is 799 g/mol. The van der Waals surface area contributed by atoms with Crippen LogP contribution in [0.5, 0.6) is 28.7 Å². The number of phenols is 3. The Balaban J connectivity index is 1.41. The van der Waals surface area contributed by atoms with Crippen LogP contribution in [0.25, 0.3) is 0 Å². The van der Waals surface area contributed by atoms with Gasteiger partial charge in [0.1, 0.15) is 26.8 Å². The number of nitrogens with zero attached hydrogens (tertiary/aromatic N) is 1. The molecule has 0 spiro atoms. The van der Waals surface area contributed by atoms with E-state index in [9.17, 15) is 45.0 Å². The number of rotatable bonds is 11. The molecule has 12 N–H and O–H groups in total. The van der Waals surface area contributed by atoms with Crippen molar-refractivity contribution in [2.45, 2.75) is 34.6 Å². The van der Waals surface area contributed by atoms with Crippen LogP contribution in [0.3, 0.4) is 0 Å². The van der Waals surface area contributed by atoms with Crippen LogP contribution in [0, 0.1) is 11.8 Å². The Morgan fingerprint density at radius 3 is 2.16 bits per heavy atom. The highest BCUT2D eigenvalue weighted by Crippen LogP contribution is 2.47. The van der Waals surface area contributed by atoms with Crippen LogP contribution >= 0.6 is 11.8 Å². The summed E-state index contributed by atoms with van der Waals surface area (Å²) in [5.41, 5.74) is 4.05. The van der Waals surface area contributed by atoms with Gasteiger partial charge in [0.2, 0.25) is 23.5 Å². The van der Waals surface area contributed by atoms with Crippen molar-refractivity contribution < 1.29 is 69.8 Å². The van der Waals surface area contributed by atoms with E-state index in [1.165, 1.54) is 38.8 Å². The van der Waals surface area contributed by atoms with E-state index < -0.39 is 75.1 Å². The van der Waals surface area contributed by atoms with Crippen molar-refractivity contribution in [2.75, 3.05) is 12.0 Å². The van der Waals surface area contributed by atoms with E-state index in [0.717, 1.165) is 44.9 Å². The first-order valence-corrected chi connectivity index (χ1v) is 17.8. The number of methoxy groups -OCH3 is 1. The lowest BCUT2D eigenvalue weighted by Gasteiger charge is -2.38. The number of aromatic hydroxyl groups is 3. The summed E-state index contributed by atoms with van der Waals surface area (Å²) in [4.78, 5) is 40.9. The van der Waals surface area contributed by atoms with E-state index >= 15 is 0 Å². The quantitative estimate of drug-likeness (QED) is 0.0225. The molecule has 0 radical (unpaired) electrons. The molecule has 0 aliphatic carbocycles. The van der Waals surface area contributed by atoms with Crippen molar-refractivity contribution in [1.82, 2.24) is 5.32 Å². The lowest BCUT2D eigenvalue weighted by atomic mass is 9.78. The molecule has 57 heavy (non-hydrogen) atoms. The second-order valence-corrected chi connectivity index (χ2v) is 14.5. The summed E-state index contributed by atoms with van der Waals surface area (Å²) in [6.07, 6.45) is -4.16. The highest BCUT2D eigenvalue weighted by atomic mass is 32.2. The first-order chi connectivity index (χ1) is 26.6.